The maximum absolute atomic E-state index is 11.8. The van der Waals surface area contributed by atoms with Crippen LogP contribution in [0.15, 0.2) is 17.5 Å². The van der Waals surface area contributed by atoms with E-state index in [2.05, 4.69) is 5.10 Å². The van der Waals surface area contributed by atoms with Gasteiger partial charge in [-0.05, 0) is 18.4 Å². The molecule has 0 saturated heterocycles. The molecule has 2 rings (SSSR count). The minimum Gasteiger partial charge on any atom is -0.465 e. The fourth-order valence-electron chi connectivity index (χ4n) is 1.74. The van der Waals surface area contributed by atoms with Crippen molar-refractivity contribution in [2.24, 2.45) is 0 Å². The highest BCUT2D eigenvalue weighted by Gasteiger charge is 2.24. The third-order valence-electron chi connectivity index (χ3n) is 2.56. The van der Waals surface area contributed by atoms with Crippen LogP contribution in [0.25, 0.3) is 10.6 Å². The zero-order valence-corrected chi connectivity index (χ0v) is 11.1. The molecule has 0 aliphatic rings. The van der Waals surface area contributed by atoms with Crippen molar-refractivity contribution in [2.45, 2.75) is 13.8 Å². The first-order valence-electron chi connectivity index (χ1n) is 5.29. The van der Waals surface area contributed by atoms with Crippen molar-refractivity contribution in [3.63, 3.8) is 0 Å². The smallest absolute Gasteiger partial charge is 0.342 e. The summed E-state index contributed by atoms with van der Waals surface area (Å²) >= 11 is 1.46. The third kappa shape index (κ3) is 1.95. The molecule has 0 aliphatic heterocycles. The van der Waals surface area contributed by atoms with E-state index in [0.717, 1.165) is 4.88 Å². The number of ether oxygens (including phenoxy) is 1. The average molecular weight is 264 g/mol. The molecular formula is C12H12N2O3S. The second kappa shape index (κ2) is 4.73. The fourth-order valence-corrected chi connectivity index (χ4v) is 2.46. The van der Waals surface area contributed by atoms with E-state index in [1.807, 2.05) is 17.5 Å². The van der Waals surface area contributed by atoms with Crippen molar-refractivity contribution in [2.75, 3.05) is 7.11 Å². The molecule has 6 heteroatoms. The van der Waals surface area contributed by atoms with Crippen LogP contribution in [-0.4, -0.2) is 28.8 Å². The van der Waals surface area contributed by atoms with Crippen LogP contribution in [0.1, 0.15) is 27.8 Å². The third-order valence-corrected chi connectivity index (χ3v) is 3.44. The Kier molecular flexibility index (Phi) is 3.29. The zero-order valence-electron chi connectivity index (χ0n) is 10.3. The highest BCUT2D eigenvalue weighted by Crippen LogP contribution is 2.29. The van der Waals surface area contributed by atoms with Gasteiger partial charge in [-0.2, -0.15) is 5.10 Å². The molecule has 0 unspecified atom stereocenters. The number of aromatic nitrogens is 2. The van der Waals surface area contributed by atoms with E-state index < -0.39 is 5.97 Å². The normalized spacial score (nSPS) is 10.4. The van der Waals surface area contributed by atoms with E-state index in [9.17, 15) is 9.59 Å². The topological polar surface area (TPSA) is 61.2 Å². The standard InChI is InChI=1S/C12H12N2O3S/c1-7-10(12(16)17-3)11(9-5-4-6-18-9)13-14(7)8(2)15/h4-6H,1-3H3. The SMILES string of the molecule is COC(=O)c1c(-c2cccs2)nn(C(C)=O)c1C. The highest BCUT2D eigenvalue weighted by atomic mass is 32.1. The number of thiophene rings is 1. The molecule has 2 aromatic heterocycles. The molecule has 2 aromatic rings. The summed E-state index contributed by atoms with van der Waals surface area (Å²) in [6, 6.07) is 3.71. The second-order valence-corrected chi connectivity index (χ2v) is 4.66. The highest BCUT2D eigenvalue weighted by molar-refractivity contribution is 7.13. The van der Waals surface area contributed by atoms with Gasteiger partial charge >= 0.3 is 5.97 Å². The Hall–Kier alpha value is -1.95. The summed E-state index contributed by atoms with van der Waals surface area (Å²) in [4.78, 5) is 24.1. The van der Waals surface area contributed by atoms with E-state index in [1.165, 1.54) is 30.1 Å². The monoisotopic (exact) mass is 264 g/mol. The van der Waals surface area contributed by atoms with Crippen LogP contribution in [0.3, 0.4) is 0 Å². The van der Waals surface area contributed by atoms with E-state index in [0.29, 0.717) is 17.0 Å². The largest absolute Gasteiger partial charge is 0.465 e. The van der Waals surface area contributed by atoms with Gasteiger partial charge in [0.1, 0.15) is 11.3 Å². The fraction of sp³-hybridized carbons (Fsp3) is 0.250. The number of carbonyl (C=O) groups excluding carboxylic acids is 2. The molecule has 0 aliphatic carbocycles. The quantitative estimate of drug-likeness (QED) is 0.781. The Labute approximate surface area is 108 Å². The first kappa shape index (κ1) is 12.5. The van der Waals surface area contributed by atoms with E-state index in [1.54, 1.807) is 6.92 Å². The van der Waals surface area contributed by atoms with Gasteiger partial charge in [0.15, 0.2) is 0 Å². The predicted octanol–water partition coefficient (Wildman–Crippen LogP) is 2.37. The van der Waals surface area contributed by atoms with Crippen LogP contribution >= 0.6 is 11.3 Å². The maximum atomic E-state index is 11.8. The van der Waals surface area contributed by atoms with Crippen molar-refractivity contribution in [1.29, 1.82) is 0 Å². The van der Waals surface area contributed by atoms with Gasteiger partial charge in [0, 0.05) is 6.92 Å². The summed E-state index contributed by atoms with van der Waals surface area (Å²) in [6.07, 6.45) is 0. The molecule has 0 N–H and O–H groups in total. The maximum Gasteiger partial charge on any atom is 0.342 e. The van der Waals surface area contributed by atoms with Gasteiger partial charge in [-0.3, -0.25) is 4.79 Å². The Balaban J connectivity index is 2.68. The van der Waals surface area contributed by atoms with Crippen molar-refractivity contribution >= 4 is 23.2 Å². The van der Waals surface area contributed by atoms with Crippen LogP contribution < -0.4 is 0 Å². The first-order valence-corrected chi connectivity index (χ1v) is 6.17. The number of hydrogen-bond acceptors (Lipinski definition) is 5. The number of hydrogen-bond donors (Lipinski definition) is 0. The van der Waals surface area contributed by atoms with E-state index in [4.69, 9.17) is 4.74 Å². The van der Waals surface area contributed by atoms with Crippen LogP contribution in [0.2, 0.25) is 0 Å². The van der Waals surface area contributed by atoms with Gasteiger partial charge in [-0.1, -0.05) is 6.07 Å². The van der Waals surface area contributed by atoms with Crippen molar-refractivity contribution in [1.82, 2.24) is 9.78 Å². The van der Waals surface area contributed by atoms with Crippen molar-refractivity contribution in [3.8, 4) is 10.6 Å². The molecule has 0 fully saturated rings. The number of esters is 1. The lowest BCUT2D eigenvalue weighted by Crippen LogP contribution is -2.11. The minimum atomic E-state index is -0.483. The van der Waals surface area contributed by atoms with Gasteiger partial charge in [-0.15, -0.1) is 11.3 Å². The Morgan fingerprint density at radius 2 is 2.17 bits per heavy atom. The summed E-state index contributed by atoms with van der Waals surface area (Å²) in [6.45, 7) is 3.08. The summed E-state index contributed by atoms with van der Waals surface area (Å²) < 4.78 is 5.97. The molecule has 2 heterocycles. The van der Waals surface area contributed by atoms with Gasteiger partial charge in [0.2, 0.25) is 5.91 Å². The van der Waals surface area contributed by atoms with Crippen LogP contribution in [0.4, 0.5) is 0 Å². The number of carbonyl (C=O) groups is 2. The summed E-state index contributed by atoms with van der Waals surface area (Å²) in [7, 11) is 1.31. The number of rotatable bonds is 2. The van der Waals surface area contributed by atoms with Crippen molar-refractivity contribution < 1.29 is 14.3 Å². The predicted molar refractivity (Wildman–Crippen MR) is 67.9 cm³/mol. The van der Waals surface area contributed by atoms with Gasteiger partial charge < -0.3 is 4.74 Å². The molecule has 0 bridgehead atoms. The molecular weight excluding hydrogens is 252 g/mol. The molecule has 0 amide bonds. The van der Waals surface area contributed by atoms with Crippen LogP contribution in [0.5, 0.6) is 0 Å². The molecule has 5 nitrogen and oxygen atoms in total. The first-order chi connectivity index (χ1) is 8.56. The lowest BCUT2D eigenvalue weighted by atomic mass is 10.1. The van der Waals surface area contributed by atoms with Crippen LogP contribution in [0, 0.1) is 6.92 Å². The lowest BCUT2D eigenvalue weighted by molar-refractivity contribution is 0.0601. The Bertz CT molecular complexity index is 599. The average Bonchev–Trinajstić information content (AvgIpc) is 2.94. The van der Waals surface area contributed by atoms with E-state index >= 15 is 0 Å². The second-order valence-electron chi connectivity index (χ2n) is 3.71. The van der Waals surface area contributed by atoms with Crippen LogP contribution in [-0.2, 0) is 4.74 Å². The Morgan fingerprint density at radius 3 is 2.67 bits per heavy atom. The Morgan fingerprint density at radius 1 is 1.44 bits per heavy atom. The molecule has 18 heavy (non-hydrogen) atoms. The van der Waals surface area contributed by atoms with Crippen molar-refractivity contribution in [3.05, 3.63) is 28.8 Å². The van der Waals surface area contributed by atoms with Gasteiger partial charge in [-0.25, -0.2) is 9.48 Å². The summed E-state index contributed by atoms with van der Waals surface area (Å²) in [5, 5.41) is 6.08. The minimum absolute atomic E-state index is 0.236. The molecule has 0 atom stereocenters. The summed E-state index contributed by atoms with van der Waals surface area (Å²) in [5.74, 6) is -0.719. The molecule has 94 valence electrons. The van der Waals surface area contributed by atoms with Gasteiger partial charge in [0.05, 0.1) is 17.7 Å². The van der Waals surface area contributed by atoms with E-state index in [-0.39, 0.29) is 5.91 Å². The molecule has 0 saturated carbocycles. The molecule has 0 radical (unpaired) electrons. The molecule has 0 aromatic carbocycles. The molecule has 0 spiro atoms. The summed E-state index contributed by atoms with van der Waals surface area (Å²) in [5.41, 5.74) is 1.33. The number of nitrogens with zero attached hydrogens (tertiary/aromatic N) is 2. The zero-order chi connectivity index (χ0) is 13.3. The van der Waals surface area contributed by atoms with Gasteiger partial charge in [0.25, 0.3) is 0 Å². The number of methoxy groups -OCH3 is 1. The lowest BCUT2D eigenvalue weighted by Gasteiger charge is -2.00.